The Balaban J connectivity index is 1.84. The first kappa shape index (κ1) is 16.1. The van der Waals surface area contributed by atoms with Gasteiger partial charge in [0.1, 0.15) is 0 Å². The van der Waals surface area contributed by atoms with Gasteiger partial charge in [-0.3, -0.25) is 0 Å². The van der Waals surface area contributed by atoms with Gasteiger partial charge in [0.15, 0.2) is 0 Å². The second kappa shape index (κ2) is 6.83. The summed E-state index contributed by atoms with van der Waals surface area (Å²) >= 11 is 0. The number of aromatic nitrogens is 1. The van der Waals surface area contributed by atoms with Gasteiger partial charge in [-0.2, -0.15) is 0 Å². The van der Waals surface area contributed by atoms with Crippen molar-refractivity contribution in [3.05, 3.63) is 53.2 Å². The summed E-state index contributed by atoms with van der Waals surface area (Å²) in [6.45, 7) is 0. The molecule has 1 aromatic heterocycles. The van der Waals surface area contributed by atoms with Gasteiger partial charge in [0.2, 0.25) is 0 Å². The zero-order chi connectivity index (χ0) is 17.2. The number of nitrogens with zero attached hydrogens (tertiary/aromatic N) is 1. The molecular weight excluding hydrogens is 310 g/mol. The van der Waals surface area contributed by atoms with Crippen molar-refractivity contribution >= 4 is 28.0 Å². The minimum Gasteiger partial charge on any atom is -0.478 e. The molecule has 0 spiro atoms. The third-order valence-corrected chi connectivity index (χ3v) is 5.34. The number of rotatable bonds is 3. The molecule has 0 aliphatic heterocycles. The van der Waals surface area contributed by atoms with Crippen molar-refractivity contribution in [2.24, 2.45) is 0 Å². The SMILES string of the molecule is O=C(O)c1c(C2=CCCCC2)ccc2nc(C3=CCCCC3)ccc12. The number of allylic oxidation sites excluding steroid dienone is 4. The lowest BCUT2D eigenvalue weighted by Gasteiger charge is -2.17. The Labute approximate surface area is 148 Å². The molecule has 0 unspecified atom stereocenters. The molecule has 1 heterocycles. The van der Waals surface area contributed by atoms with Crippen LogP contribution in [0.2, 0.25) is 0 Å². The van der Waals surface area contributed by atoms with Gasteiger partial charge in [0, 0.05) is 5.39 Å². The van der Waals surface area contributed by atoms with Gasteiger partial charge >= 0.3 is 5.97 Å². The van der Waals surface area contributed by atoms with Crippen LogP contribution in [0.15, 0.2) is 36.4 Å². The number of benzene rings is 1. The first-order valence-electron chi connectivity index (χ1n) is 9.30. The second-order valence-corrected chi connectivity index (χ2v) is 7.01. The van der Waals surface area contributed by atoms with E-state index in [1.165, 1.54) is 30.4 Å². The maximum Gasteiger partial charge on any atom is 0.337 e. The molecule has 0 fully saturated rings. The van der Waals surface area contributed by atoms with Crippen molar-refractivity contribution in [3.8, 4) is 0 Å². The third kappa shape index (κ3) is 3.11. The Morgan fingerprint density at radius 3 is 2.24 bits per heavy atom. The number of carbonyl (C=O) groups is 1. The van der Waals surface area contributed by atoms with Crippen LogP contribution < -0.4 is 0 Å². The molecule has 25 heavy (non-hydrogen) atoms. The highest BCUT2D eigenvalue weighted by Crippen LogP contribution is 2.34. The smallest absolute Gasteiger partial charge is 0.337 e. The summed E-state index contributed by atoms with van der Waals surface area (Å²) in [4.78, 5) is 16.8. The Morgan fingerprint density at radius 1 is 0.880 bits per heavy atom. The normalized spacial score (nSPS) is 17.9. The zero-order valence-corrected chi connectivity index (χ0v) is 14.4. The average molecular weight is 333 g/mol. The van der Waals surface area contributed by atoms with Crippen molar-refractivity contribution in [2.45, 2.75) is 51.4 Å². The number of carboxylic acid groups (broad SMARTS) is 1. The van der Waals surface area contributed by atoms with Crippen LogP contribution in [0.5, 0.6) is 0 Å². The average Bonchev–Trinajstić information content (AvgIpc) is 2.68. The van der Waals surface area contributed by atoms with E-state index in [1.807, 2.05) is 24.3 Å². The number of aromatic carboxylic acids is 1. The van der Waals surface area contributed by atoms with Crippen LogP contribution in [-0.2, 0) is 0 Å². The number of fused-ring (bicyclic) bond motifs is 1. The van der Waals surface area contributed by atoms with Gasteiger partial charge in [-0.05, 0) is 86.3 Å². The molecule has 2 aliphatic carbocycles. The molecule has 0 saturated carbocycles. The van der Waals surface area contributed by atoms with Crippen molar-refractivity contribution in [1.82, 2.24) is 4.98 Å². The summed E-state index contributed by atoms with van der Waals surface area (Å²) in [6.07, 6.45) is 13.4. The predicted molar refractivity (Wildman–Crippen MR) is 102 cm³/mol. The Kier molecular flexibility index (Phi) is 4.39. The van der Waals surface area contributed by atoms with Crippen molar-refractivity contribution < 1.29 is 9.90 Å². The molecule has 0 bridgehead atoms. The van der Waals surface area contributed by atoms with E-state index in [0.29, 0.717) is 5.56 Å². The molecule has 2 aliphatic rings. The van der Waals surface area contributed by atoms with Gasteiger partial charge in [0.25, 0.3) is 0 Å². The van der Waals surface area contributed by atoms with E-state index < -0.39 is 5.97 Å². The van der Waals surface area contributed by atoms with Crippen molar-refractivity contribution in [1.29, 1.82) is 0 Å². The number of pyridine rings is 1. The second-order valence-electron chi connectivity index (χ2n) is 7.01. The fourth-order valence-corrected chi connectivity index (χ4v) is 4.03. The van der Waals surface area contributed by atoms with Crippen molar-refractivity contribution in [2.75, 3.05) is 0 Å². The number of hydrogen-bond acceptors (Lipinski definition) is 2. The first-order chi connectivity index (χ1) is 12.2. The monoisotopic (exact) mass is 333 g/mol. The number of carboxylic acids is 1. The van der Waals surface area contributed by atoms with Crippen LogP contribution in [0, 0.1) is 0 Å². The fourth-order valence-electron chi connectivity index (χ4n) is 4.03. The lowest BCUT2D eigenvalue weighted by Crippen LogP contribution is -2.06. The van der Waals surface area contributed by atoms with E-state index in [4.69, 9.17) is 4.98 Å². The molecule has 128 valence electrons. The molecule has 0 saturated heterocycles. The Bertz CT molecular complexity index is 892. The van der Waals surface area contributed by atoms with Crippen LogP contribution in [0.25, 0.3) is 22.0 Å². The van der Waals surface area contributed by atoms with Gasteiger partial charge in [-0.1, -0.05) is 18.2 Å². The minimum atomic E-state index is -0.862. The highest BCUT2D eigenvalue weighted by atomic mass is 16.4. The zero-order valence-electron chi connectivity index (χ0n) is 14.4. The molecule has 4 rings (SSSR count). The van der Waals surface area contributed by atoms with Gasteiger partial charge < -0.3 is 5.11 Å². The van der Waals surface area contributed by atoms with E-state index in [2.05, 4.69) is 12.2 Å². The molecule has 0 amide bonds. The highest BCUT2D eigenvalue weighted by Gasteiger charge is 2.19. The Morgan fingerprint density at radius 2 is 1.60 bits per heavy atom. The summed E-state index contributed by atoms with van der Waals surface area (Å²) in [5, 5.41) is 10.6. The quantitative estimate of drug-likeness (QED) is 0.766. The predicted octanol–water partition coefficient (Wildman–Crippen LogP) is 5.85. The largest absolute Gasteiger partial charge is 0.478 e. The van der Waals surface area contributed by atoms with E-state index in [0.717, 1.165) is 54.3 Å². The van der Waals surface area contributed by atoms with Crippen LogP contribution in [0.1, 0.15) is 73.0 Å². The third-order valence-electron chi connectivity index (χ3n) is 5.34. The van der Waals surface area contributed by atoms with E-state index in [1.54, 1.807) is 0 Å². The first-order valence-corrected chi connectivity index (χ1v) is 9.30. The van der Waals surface area contributed by atoms with Gasteiger partial charge in [0.05, 0.1) is 16.8 Å². The standard InChI is InChI=1S/C22H23NO2/c24-22(25)21-17(15-7-3-1-4-8-15)11-14-20-18(21)12-13-19(23-20)16-9-5-2-6-10-16/h7,9,11-14H,1-6,8,10H2,(H,24,25). The van der Waals surface area contributed by atoms with Gasteiger partial charge in [-0.15, -0.1) is 0 Å². The summed E-state index contributed by atoms with van der Waals surface area (Å²) in [6, 6.07) is 7.88. The minimum absolute atomic E-state index is 0.405. The van der Waals surface area contributed by atoms with Gasteiger partial charge in [-0.25, -0.2) is 9.78 Å². The lowest BCUT2D eigenvalue weighted by atomic mass is 9.89. The van der Waals surface area contributed by atoms with Crippen LogP contribution in [0.4, 0.5) is 0 Å². The van der Waals surface area contributed by atoms with Crippen LogP contribution >= 0.6 is 0 Å². The highest BCUT2D eigenvalue weighted by molar-refractivity contribution is 6.07. The Hall–Kier alpha value is -2.42. The molecule has 0 atom stereocenters. The van der Waals surface area contributed by atoms with E-state index in [-0.39, 0.29) is 0 Å². The van der Waals surface area contributed by atoms with Crippen LogP contribution in [0.3, 0.4) is 0 Å². The summed E-state index contributed by atoms with van der Waals surface area (Å²) < 4.78 is 0. The topological polar surface area (TPSA) is 50.2 Å². The molecule has 2 aromatic rings. The summed E-state index contributed by atoms with van der Waals surface area (Å²) in [7, 11) is 0. The molecule has 1 aromatic carbocycles. The van der Waals surface area contributed by atoms with Crippen molar-refractivity contribution in [3.63, 3.8) is 0 Å². The molecule has 3 nitrogen and oxygen atoms in total. The van der Waals surface area contributed by atoms with E-state index >= 15 is 0 Å². The maximum atomic E-state index is 12.0. The maximum absolute atomic E-state index is 12.0. The lowest BCUT2D eigenvalue weighted by molar-refractivity contribution is 0.0698. The summed E-state index contributed by atoms with van der Waals surface area (Å²) in [5.41, 5.74) is 5.51. The van der Waals surface area contributed by atoms with E-state index in [9.17, 15) is 9.90 Å². The molecular formula is C22H23NO2. The molecule has 0 radical (unpaired) electrons. The van der Waals surface area contributed by atoms with Crippen LogP contribution in [-0.4, -0.2) is 16.1 Å². The molecule has 1 N–H and O–H groups in total. The summed E-state index contributed by atoms with van der Waals surface area (Å²) in [5.74, 6) is -0.862. The number of hydrogen-bond donors (Lipinski definition) is 1. The fraction of sp³-hybridized carbons (Fsp3) is 0.364. The molecule has 3 heteroatoms.